The van der Waals surface area contributed by atoms with Gasteiger partial charge in [-0.05, 0) is 59.5 Å². The van der Waals surface area contributed by atoms with Gasteiger partial charge in [0.15, 0.2) is 0 Å². The van der Waals surface area contributed by atoms with Gasteiger partial charge in [-0.1, -0.05) is 41.6 Å². The molecule has 3 aromatic carbocycles. The molecule has 0 saturated heterocycles. The summed E-state index contributed by atoms with van der Waals surface area (Å²) in [5.74, 6) is -1.57. The minimum absolute atomic E-state index is 0.0584. The highest BCUT2D eigenvalue weighted by Crippen LogP contribution is 2.24. The van der Waals surface area contributed by atoms with E-state index < -0.39 is 17.8 Å². The molecule has 0 aliphatic heterocycles. The predicted molar refractivity (Wildman–Crippen MR) is 140 cm³/mol. The molecule has 4 rings (SSSR count). The van der Waals surface area contributed by atoms with Gasteiger partial charge < -0.3 is 10.6 Å². The van der Waals surface area contributed by atoms with Crippen molar-refractivity contribution in [3.8, 4) is 11.1 Å². The molecule has 1 unspecified atom stereocenters. The minimum atomic E-state index is -0.579. The Bertz CT molecular complexity index is 1450. The Kier molecular flexibility index (Phi) is 8.75. The van der Waals surface area contributed by atoms with Crippen LogP contribution in [0.4, 0.5) is 4.39 Å². The van der Waals surface area contributed by atoms with Crippen LogP contribution in [0.2, 0.25) is 0 Å². The number of nitrogens with one attached hydrogen (secondary N) is 3. The topological polar surface area (TPSA) is 138 Å². The molecular formula is C28H27FN6O4. The zero-order valence-electron chi connectivity index (χ0n) is 21.1. The number of hydrogen-bond acceptors (Lipinski definition) is 6. The normalized spacial score (nSPS) is 11.5. The number of amides is 3. The van der Waals surface area contributed by atoms with Crippen LogP contribution in [-0.2, 0) is 17.8 Å². The standard InChI is InChI=1S/C28H27FN6O4/c1-30-27(37)22-4-2-3-21(14-22)19-7-5-18(6-8-19)13-25(15-26(36)33-39)35-17-24(32-34-35)16-31-28(38)20-9-11-23(29)12-10-20/h2-12,14,17,25,39H,13,15-16H2,1H3,(H,30,37)(H,31,38)(H,33,36). The van der Waals surface area contributed by atoms with E-state index in [2.05, 4.69) is 20.9 Å². The highest BCUT2D eigenvalue weighted by molar-refractivity contribution is 5.95. The Morgan fingerprint density at radius 1 is 0.949 bits per heavy atom. The second-order valence-corrected chi connectivity index (χ2v) is 8.83. The van der Waals surface area contributed by atoms with E-state index in [1.165, 1.54) is 28.9 Å². The number of halogens is 1. The zero-order chi connectivity index (χ0) is 27.8. The fraction of sp³-hybridized carbons (Fsp3) is 0.179. The van der Waals surface area contributed by atoms with Crippen molar-refractivity contribution < 1.29 is 24.0 Å². The van der Waals surface area contributed by atoms with Gasteiger partial charge in [-0.25, -0.2) is 14.6 Å². The Labute approximate surface area is 223 Å². The lowest BCUT2D eigenvalue weighted by Gasteiger charge is -2.16. The second kappa shape index (κ2) is 12.6. The highest BCUT2D eigenvalue weighted by atomic mass is 19.1. The van der Waals surface area contributed by atoms with Gasteiger partial charge in [0.2, 0.25) is 5.91 Å². The molecule has 0 radical (unpaired) electrons. The molecule has 0 aliphatic carbocycles. The summed E-state index contributed by atoms with van der Waals surface area (Å²) in [6.07, 6.45) is 1.98. The third kappa shape index (κ3) is 7.11. The number of benzene rings is 3. The van der Waals surface area contributed by atoms with Gasteiger partial charge in [-0.3, -0.25) is 19.6 Å². The Balaban J connectivity index is 1.45. The van der Waals surface area contributed by atoms with Crippen molar-refractivity contribution in [2.45, 2.75) is 25.4 Å². The summed E-state index contributed by atoms with van der Waals surface area (Å²) >= 11 is 0. The van der Waals surface area contributed by atoms with Crippen molar-refractivity contribution in [1.29, 1.82) is 0 Å². The van der Waals surface area contributed by atoms with Crippen LogP contribution in [0.1, 0.15) is 44.4 Å². The molecule has 4 aromatic rings. The van der Waals surface area contributed by atoms with Gasteiger partial charge in [-0.15, -0.1) is 5.10 Å². The predicted octanol–water partition coefficient (Wildman–Crippen LogP) is 3.05. The van der Waals surface area contributed by atoms with Crippen molar-refractivity contribution >= 4 is 17.7 Å². The summed E-state index contributed by atoms with van der Waals surface area (Å²) in [6, 6.07) is 19.7. The van der Waals surface area contributed by atoms with E-state index >= 15 is 0 Å². The number of rotatable bonds is 10. The van der Waals surface area contributed by atoms with E-state index in [0.717, 1.165) is 16.7 Å². The van der Waals surface area contributed by atoms with Crippen LogP contribution in [0.15, 0.2) is 79.0 Å². The van der Waals surface area contributed by atoms with Gasteiger partial charge in [0.25, 0.3) is 11.8 Å². The molecule has 0 saturated carbocycles. The molecule has 3 amide bonds. The first-order valence-electron chi connectivity index (χ1n) is 12.1. The maximum atomic E-state index is 13.1. The molecule has 11 heteroatoms. The van der Waals surface area contributed by atoms with Crippen molar-refractivity contribution in [3.05, 3.63) is 107 Å². The molecule has 1 heterocycles. The molecule has 0 bridgehead atoms. The first kappa shape index (κ1) is 27.1. The van der Waals surface area contributed by atoms with Gasteiger partial charge in [0.05, 0.1) is 25.2 Å². The Hall–Kier alpha value is -4.90. The van der Waals surface area contributed by atoms with Crippen molar-refractivity contribution in [1.82, 2.24) is 31.1 Å². The van der Waals surface area contributed by atoms with Crippen LogP contribution in [0.5, 0.6) is 0 Å². The average Bonchev–Trinajstić information content (AvgIpc) is 3.45. The van der Waals surface area contributed by atoms with E-state index in [-0.39, 0.29) is 24.8 Å². The molecule has 0 spiro atoms. The fourth-order valence-electron chi connectivity index (χ4n) is 4.06. The number of aromatic nitrogens is 3. The lowest BCUT2D eigenvalue weighted by atomic mass is 9.98. The third-order valence-corrected chi connectivity index (χ3v) is 6.12. The maximum Gasteiger partial charge on any atom is 0.251 e. The largest absolute Gasteiger partial charge is 0.355 e. The average molecular weight is 531 g/mol. The van der Waals surface area contributed by atoms with Crippen LogP contribution in [-0.4, -0.2) is 45.0 Å². The van der Waals surface area contributed by atoms with Gasteiger partial charge in [-0.2, -0.15) is 0 Å². The molecule has 10 nitrogen and oxygen atoms in total. The van der Waals surface area contributed by atoms with Gasteiger partial charge >= 0.3 is 0 Å². The number of carbonyl (C=O) groups excluding carboxylic acids is 3. The first-order chi connectivity index (χ1) is 18.9. The summed E-state index contributed by atoms with van der Waals surface area (Å²) in [5, 5.41) is 22.6. The number of nitrogens with zero attached hydrogens (tertiary/aromatic N) is 3. The first-order valence-corrected chi connectivity index (χ1v) is 12.1. The lowest BCUT2D eigenvalue weighted by molar-refractivity contribution is -0.130. The molecule has 200 valence electrons. The van der Waals surface area contributed by atoms with Gasteiger partial charge in [0.1, 0.15) is 11.5 Å². The number of hydrogen-bond donors (Lipinski definition) is 4. The summed E-state index contributed by atoms with van der Waals surface area (Å²) in [7, 11) is 1.58. The summed E-state index contributed by atoms with van der Waals surface area (Å²) < 4.78 is 14.6. The van der Waals surface area contributed by atoms with Crippen LogP contribution in [0.3, 0.4) is 0 Å². The number of hydroxylamine groups is 1. The minimum Gasteiger partial charge on any atom is -0.355 e. The maximum absolute atomic E-state index is 13.1. The van der Waals surface area contributed by atoms with Crippen LogP contribution >= 0.6 is 0 Å². The Morgan fingerprint density at radius 2 is 1.69 bits per heavy atom. The van der Waals surface area contributed by atoms with E-state index in [0.29, 0.717) is 23.2 Å². The molecule has 1 atom stereocenters. The SMILES string of the molecule is CNC(=O)c1cccc(-c2ccc(CC(CC(=O)NO)n3cc(CNC(=O)c4ccc(F)cc4)nn3)cc2)c1. The summed E-state index contributed by atoms with van der Waals surface area (Å²) in [6.45, 7) is 0.0823. The van der Waals surface area contributed by atoms with Crippen LogP contribution in [0.25, 0.3) is 11.1 Å². The highest BCUT2D eigenvalue weighted by Gasteiger charge is 2.19. The van der Waals surface area contributed by atoms with E-state index in [1.54, 1.807) is 24.8 Å². The third-order valence-electron chi connectivity index (χ3n) is 6.12. The van der Waals surface area contributed by atoms with Gasteiger partial charge in [0, 0.05) is 18.2 Å². The smallest absolute Gasteiger partial charge is 0.251 e. The molecule has 39 heavy (non-hydrogen) atoms. The molecule has 4 N–H and O–H groups in total. The second-order valence-electron chi connectivity index (χ2n) is 8.83. The van der Waals surface area contributed by atoms with Crippen molar-refractivity contribution in [2.75, 3.05) is 7.05 Å². The van der Waals surface area contributed by atoms with E-state index in [9.17, 15) is 18.8 Å². The Morgan fingerprint density at radius 3 is 2.38 bits per heavy atom. The monoisotopic (exact) mass is 530 g/mol. The van der Waals surface area contributed by atoms with E-state index in [1.807, 2.05) is 42.5 Å². The summed E-state index contributed by atoms with van der Waals surface area (Å²) in [5.41, 5.74) is 5.72. The van der Waals surface area contributed by atoms with Crippen molar-refractivity contribution in [2.24, 2.45) is 0 Å². The fourth-order valence-corrected chi connectivity index (χ4v) is 4.06. The molecular weight excluding hydrogens is 503 g/mol. The lowest BCUT2D eigenvalue weighted by Crippen LogP contribution is -2.25. The molecule has 0 aliphatic rings. The van der Waals surface area contributed by atoms with Crippen LogP contribution < -0.4 is 16.1 Å². The zero-order valence-corrected chi connectivity index (χ0v) is 21.1. The number of carbonyl (C=O) groups is 3. The quantitative estimate of drug-likeness (QED) is 0.184. The van der Waals surface area contributed by atoms with E-state index in [4.69, 9.17) is 5.21 Å². The van der Waals surface area contributed by atoms with Crippen LogP contribution in [0, 0.1) is 5.82 Å². The van der Waals surface area contributed by atoms with Crippen molar-refractivity contribution in [3.63, 3.8) is 0 Å². The molecule has 0 fully saturated rings. The summed E-state index contributed by atoms with van der Waals surface area (Å²) in [4.78, 5) is 36.3. The molecule has 1 aromatic heterocycles.